The van der Waals surface area contributed by atoms with Crippen LogP contribution < -0.4 is 4.74 Å². The van der Waals surface area contributed by atoms with Gasteiger partial charge < -0.3 is 9.64 Å². The predicted octanol–water partition coefficient (Wildman–Crippen LogP) is 4.94. The minimum absolute atomic E-state index is 0.0241. The largest absolute Gasteiger partial charge is 0.491 e. The Labute approximate surface area is 173 Å². The fourth-order valence-corrected chi connectivity index (χ4v) is 4.50. The second-order valence-corrected chi connectivity index (χ2v) is 8.10. The number of thiazole rings is 1. The van der Waals surface area contributed by atoms with Crippen molar-refractivity contribution in [1.29, 1.82) is 0 Å². The monoisotopic (exact) mass is 400 g/mol. The third kappa shape index (κ3) is 3.61. The third-order valence-electron chi connectivity index (χ3n) is 5.38. The first kappa shape index (κ1) is 17.9. The zero-order chi connectivity index (χ0) is 19.6. The molecule has 0 N–H and O–H groups in total. The number of aromatic nitrogens is 1. The number of hydrogen-bond donors (Lipinski definition) is 0. The Morgan fingerprint density at radius 3 is 2.69 bits per heavy atom. The minimum atomic E-state index is -0.0243. The smallest absolute Gasteiger partial charge is 0.254 e. The van der Waals surface area contributed by atoms with E-state index in [9.17, 15) is 4.79 Å². The van der Waals surface area contributed by atoms with Crippen LogP contribution in [0, 0.1) is 0 Å². The lowest BCUT2D eigenvalue weighted by molar-refractivity contribution is 0.0566. The van der Waals surface area contributed by atoms with E-state index < -0.39 is 0 Å². The van der Waals surface area contributed by atoms with E-state index in [4.69, 9.17) is 4.74 Å². The number of rotatable bonds is 4. The van der Waals surface area contributed by atoms with Crippen LogP contribution in [0.2, 0.25) is 0 Å². The van der Waals surface area contributed by atoms with Crippen molar-refractivity contribution in [2.24, 2.45) is 0 Å². The highest BCUT2D eigenvalue weighted by Gasteiger charge is 2.31. The van der Waals surface area contributed by atoms with Gasteiger partial charge in [0.05, 0.1) is 21.8 Å². The van der Waals surface area contributed by atoms with Crippen LogP contribution in [0.5, 0.6) is 5.75 Å². The van der Waals surface area contributed by atoms with Crippen molar-refractivity contribution >= 4 is 27.5 Å². The maximum atomic E-state index is 13.4. The van der Waals surface area contributed by atoms with Crippen molar-refractivity contribution in [2.75, 3.05) is 6.61 Å². The second-order valence-electron chi connectivity index (χ2n) is 7.22. The highest BCUT2D eigenvalue weighted by Crippen LogP contribution is 2.27. The van der Waals surface area contributed by atoms with Crippen molar-refractivity contribution < 1.29 is 9.53 Å². The maximum Gasteiger partial charge on any atom is 0.254 e. The maximum absolute atomic E-state index is 13.4. The van der Waals surface area contributed by atoms with Crippen LogP contribution in [0.25, 0.3) is 10.2 Å². The molecule has 5 rings (SSSR count). The molecule has 0 bridgehead atoms. The molecule has 1 aliphatic rings. The molecule has 0 radical (unpaired) electrons. The summed E-state index contributed by atoms with van der Waals surface area (Å²) in [5.74, 6) is 0.846. The van der Waals surface area contributed by atoms with Gasteiger partial charge in [0.15, 0.2) is 0 Å². The van der Waals surface area contributed by atoms with Gasteiger partial charge in [-0.2, -0.15) is 0 Å². The molecule has 2 heterocycles. The van der Waals surface area contributed by atoms with E-state index in [2.05, 4.69) is 23.2 Å². The summed E-state index contributed by atoms with van der Waals surface area (Å²) < 4.78 is 7.12. The van der Waals surface area contributed by atoms with Gasteiger partial charge in [0.1, 0.15) is 12.4 Å². The van der Waals surface area contributed by atoms with Gasteiger partial charge in [0.25, 0.3) is 5.91 Å². The molecule has 144 valence electrons. The molecule has 0 spiro atoms. The van der Waals surface area contributed by atoms with Crippen LogP contribution in [-0.2, 0) is 13.0 Å². The van der Waals surface area contributed by atoms with Gasteiger partial charge in [-0.05, 0) is 47.9 Å². The summed E-state index contributed by atoms with van der Waals surface area (Å²) in [4.78, 5) is 19.7. The fourth-order valence-electron chi connectivity index (χ4n) is 3.84. The number of carbonyl (C=O) groups is 1. The van der Waals surface area contributed by atoms with E-state index in [0.717, 1.165) is 22.4 Å². The predicted molar refractivity (Wildman–Crippen MR) is 115 cm³/mol. The van der Waals surface area contributed by atoms with Gasteiger partial charge >= 0.3 is 0 Å². The van der Waals surface area contributed by atoms with Gasteiger partial charge in [-0.1, -0.05) is 42.5 Å². The van der Waals surface area contributed by atoms with E-state index in [1.807, 2.05) is 65.0 Å². The molecule has 29 heavy (non-hydrogen) atoms. The van der Waals surface area contributed by atoms with Gasteiger partial charge in [-0.25, -0.2) is 4.98 Å². The van der Waals surface area contributed by atoms with Crippen LogP contribution in [0.1, 0.15) is 21.5 Å². The first-order chi connectivity index (χ1) is 14.3. The molecule has 4 nitrogen and oxygen atoms in total. The van der Waals surface area contributed by atoms with Gasteiger partial charge in [0.2, 0.25) is 0 Å². The number of para-hydroxylation sites is 1. The average molecular weight is 401 g/mol. The van der Waals surface area contributed by atoms with Crippen molar-refractivity contribution in [3.8, 4) is 5.75 Å². The van der Waals surface area contributed by atoms with E-state index in [1.54, 1.807) is 11.3 Å². The number of ether oxygens (including phenoxy) is 1. The van der Waals surface area contributed by atoms with Gasteiger partial charge in [0, 0.05) is 12.1 Å². The Kier molecular flexibility index (Phi) is 4.74. The van der Waals surface area contributed by atoms with Crippen molar-refractivity contribution in [3.63, 3.8) is 0 Å². The topological polar surface area (TPSA) is 42.4 Å². The van der Waals surface area contributed by atoms with Crippen LogP contribution in [-0.4, -0.2) is 28.4 Å². The van der Waals surface area contributed by atoms with E-state index in [1.165, 1.54) is 11.1 Å². The molecular formula is C24H20N2O2S. The van der Waals surface area contributed by atoms with Gasteiger partial charge in [-0.3, -0.25) is 4.79 Å². The summed E-state index contributed by atoms with van der Waals surface area (Å²) >= 11 is 1.58. The molecule has 1 atom stereocenters. The summed E-state index contributed by atoms with van der Waals surface area (Å²) in [7, 11) is 0. The molecule has 1 aromatic heterocycles. The lowest BCUT2D eigenvalue weighted by Crippen LogP contribution is -2.47. The first-order valence-corrected chi connectivity index (χ1v) is 10.5. The summed E-state index contributed by atoms with van der Waals surface area (Å²) in [6.07, 6.45) is 0.785. The van der Waals surface area contributed by atoms with E-state index in [-0.39, 0.29) is 11.9 Å². The average Bonchev–Trinajstić information content (AvgIpc) is 3.25. The first-order valence-electron chi connectivity index (χ1n) is 9.67. The zero-order valence-corrected chi connectivity index (χ0v) is 16.6. The molecule has 1 amide bonds. The van der Waals surface area contributed by atoms with Crippen LogP contribution in [0.3, 0.4) is 0 Å². The van der Waals surface area contributed by atoms with Crippen molar-refractivity contribution in [3.05, 3.63) is 95.0 Å². The van der Waals surface area contributed by atoms with Crippen LogP contribution in [0.15, 0.2) is 78.3 Å². The van der Waals surface area contributed by atoms with E-state index >= 15 is 0 Å². The Hall–Kier alpha value is -3.18. The number of amides is 1. The third-order valence-corrected chi connectivity index (χ3v) is 6.19. The highest BCUT2D eigenvalue weighted by molar-refractivity contribution is 7.16. The molecule has 1 aliphatic heterocycles. The lowest BCUT2D eigenvalue weighted by Gasteiger charge is -2.37. The Morgan fingerprint density at radius 1 is 1.03 bits per heavy atom. The zero-order valence-electron chi connectivity index (χ0n) is 15.8. The van der Waals surface area contributed by atoms with Crippen molar-refractivity contribution in [1.82, 2.24) is 9.88 Å². The quantitative estimate of drug-likeness (QED) is 0.487. The molecule has 0 fully saturated rings. The number of fused-ring (bicyclic) bond motifs is 2. The number of nitrogens with zero attached hydrogens (tertiary/aromatic N) is 2. The molecule has 0 saturated carbocycles. The second kappa shape index (κ2) is 7.68. The Morgan fingerprint density at radius 2 is 1.83 bits per heavy atom. The highest BCUT2D eigenvalue weighted by atomic mass is 32.1. The van der Waals surface area contributed by atoms with Crippen LogP contribution >= 0.6 is 11.3 Å². The minimum Gasteiger partial charge on any atom is -0.491 e. The molecular weight excluding hydrogens is 380 g/mol. The SMILES string of the molecule is O=C(c1ccc2scnc2c1)N1Cc2ccccc2CC1COc1ccccc1. The van der Waals surface area contributed by atoms with Crippen molar-refractivity contribution in [2.45, 2.75) is 19.0 Å². The summed E-state index contributed by atoms with van der Waals surface area (Å²) in [5, 5.41) is 0. The fraction of sp³-hybridized carbons (Fsp3) is 0.167. The van der Waals surface area contributed by atoms with E-state index in [0.29, 0.717) is 18.7 Å². The Balaban J connectivity index is 1.44. The van der Waals surface area contributed by atoms with Gasteiger partial charge in [-0.15, -0.1) is 11.3 Å². The molecule has 0 saturated heterocycles. The standard InChI is InChI=1S/C24H20N2O2S/c27-24(18-10-11-23-22(13-18)25-16-29-23)26-14-19-7-5-4-6-17(19)12-20(26)15-28-21-8-2-1-3-9-21/h1-11,13,16,20H,12,14-15H2. The lowest BCUT2D eigenvalue weighted by atomic mass is 9.93. The number of hydrogen-bond acceptors (Lipinski definition) is 4. The van der Waals surface area contributed by atoms with Crippen LogP contribution in [0.4, 0.5) is 0 Å². The summed E-state index contributed by atoms with van der Waals surface area (Å²) in [6, 6.07) is 23.9. The molecule has 5 heteroatoms. The number of carbonyl (C=O) groups excluding carboxylic acids is 1. The summed E-state index contributed by atoms with van der Waals surface area (Å²) in [6.45, 7) is 1.05. The summed E-state index contributed by atoms with van der Waals surface area (Å²) in [5.41, 5.74) is 5.84. The molecule has 1 unspecified atom stereocenters. The molecule has 4 aromatic rings. The molecule has 3 aromatic carbocycles. The Bertz CT molecular complexity index is 1160. The number of benzene rings is 3. The molecule has 0 aliphatic carbocycles. The normalized spacial score (nSPS) is 15.9.